The van der Waals surface area contributed by atoms with Gasteiger partial charge >= 0.3 is 0 Å². The maximum absolute atomic E-state index is 13.4. The van der Waals surface area contributed by atoms with Gasteiger partial charge in [-0.2, -0.15) is 0 Å². The van der Waals surface area contributed by atoms with Crippen molar-refractivity contribution < 1.29 is 19.6 Å². The number of carbonyl (C=O) groups is 3. The molecule has 1 aromatic carbocycles. The van der Waals surface area contributed by atoms with Gasteiger partial charge < -0.3 is 10.6 Å². The van der Waals surface area contributed by atoms with Crippen LogP contribution in [0.5, 0.6) is 0 Å². The molecule has 2 atom stereocenters. The second kappa shape index (κ2) is 12.0. The third-order valence-electron chi connectivity index (χ3n) is 6.85. The average molecular weight is 488 g/mol. The van der Waals surface area contributed by atoms with Crippen LogP contribution in [0.4, 0.5) is 0 Å². The Kier molecular flexibility index (Phi) is 9.90. The predicted octanol–water partition coefficient (Wildman–Crippen LogP) is 4.64. The second-order valence-electron chi connectivity index (χ2n) is 12.0. The van der Waals surface area contributed by atoms with Crippen LogP contribution in [0.1, 0.15) is 86.1 Å². The Morgan fingerprint density at radius 2 is 1.60 bits per heavy atom. The Morgan fingerprint density at radius 3 is 2.11 bits per heavy atom. The van der Waals surface area contributed by atoms with Crippen LogP contribution < -0.4 is 10.6 Å². The molecule has 7 heteroatoms. The highest BCUT2D eigenvalue weighted by Gasteiger charge is 2.39. The van der Waals surface area contributed by atoms with Gasteiger partial charge in [-0.3, -0.25) is 19.6 Å². The summed E-state index contributed by atoms with van der Waals surface area (Å²) in [5.74, 6) is -1.43. The van der Waals surface area contributed by atoms with Crippen molar-refractivity contribution in [3.05, 3.63) is 35.9 Å². The van der Waals surface area contributed by atoms with Crippen molar-refractivity contribution in [2.45, 2.75) is 92.2 Å². The van der Waals surface area contributed by atoms with Crippen LogP contribution in [0.2, 0.25) is 0 Å². The van der Waals surface area contributed by atoms with Crippen molar-refractivity contribution in [1.29, 1.82) is 0 Å². The molecule has 1 aliphatic rings. The van der Waals surface area contributed by atoms with Gasteiger partial charge in [-0.25, -0.2) is 5.06 Å². The summed E-state index contributed by atoms with van der Waals surface area (Å²) < 4.78 is 0. The zero-order chi connectivity index (χ0) is 26.4. The van der Waals surface area contributed by atoms with E-state index in [9.17, 15) is 19.6 Å². The number of amides is 3. The summed E-state index contributed by atoms with van der Waals surface area (Å²) >= 11 is 0. The van der Waals surface area contributed by atoms with Gasteiger partial charge in [-0.05, 0) is 49.5 Å². The molecule has 1 saturated carbocycles. The number of carbonyl (C=O) groups excluding carboxylic acids is 3. The minimum absolute atomic E-state index is 0.0411. The number of hydroxylamine groups is 2. The molecule has 3 amide bonds. The summed E-state index contributed by atoms with van der Waals surface area (Å²) in [6.45, 7) is 13.7. The van der Waals surface area contributed by atoms with E-state index in [0.29, 0.717) is 0 Å². The first-order chi connectivity index (χ1) is 16.2. The number of benzene rings is 1. The smallest absolute Gasteiger partial charge is 0.249 e. The Hall–Kier alpha value is -2.41. The van der Waals surface area contributed by atoms with E-state index in [1.54, 1.807) is 0 Å². The molecule has 0 bridgehead atoms. The van der Waals surface area contributed by atoms with Crippen LogP contribution >= 0.6 is 0 Å². The van der Waals surface area contributed by atoms with Crippen molar-refractivity contribution in [3.63, 3.8) is 0 Å². The lowest BCUT2D eigenvalue weighted by molar-refractivity contribution is -0.175. The van der Waals surface area contributed by atoms with E-state index in [1.807, 2.05) is 78.8 Å². The van der Waals surface area contributed by atoms with E-state index in [1.165, 1.54) is 0 Å². The molecule has 0 spiro atoms. The molecule has 196 valence electrons. The Bertz CT molecular complexity index is 855. The molecule has 1 fully saturated rings. The maximum Gasteiger partial charge on any atom is 0.249 e. The third kappa shape index (κ3) is 8.34. The lowest BCUT2D eigenvalue weighted by Gasteiger charge is -2.35. The highest BCUT2D eigenvalue weighted by atomic mass is 16.5. The molecule has 1 aromatic rings. The third-order valence-corrected chi connectivity index (χ3v) is 6.85. The van der Waals surface area contributed by atoms with E-state index >= 15 is 0 Å². The van der Waals surface area contributed by atoms with Gasteiger partial charge in [0.1, 0.15) is 6.04 Å². The molecule has 3 N–H and O–H groups in total. The molecule has 0 radical (unpaired) electrons. The molecule has 35 heavy (non-hydrogen) atoms. The molecule has 0 aliphatic heterocycles. The normalized spacial score (nSPS) is 16.6. The minimum atomic E-state index is -0.779. The van der Waals surface area contributed by atoms with Crippen LogP contribution in [0.15, 0.2) is 30.3 Å². The summed E-state index contributed by atoms with van der Waals surface area (Å²) in [4.78, 5) is 39.7. The Morgan fingerprint density at radius 1 is 1.03 bits per heavy atom. The van der Waals surface area contributed by atoms with Crippen molar-refractivity contribution >= 4 is 17.7 Å². The lowest BCUT2D eigenvalue weighted by Crippen LogP contribution is -2.57. The molecule has 0 heterocycles. The highest BCUT2D eigenvalue weighted by molar-refractivity contribution is 5.91. The molecular formula is C28H45N3O4. The van der Waals surface area contributed by atoms with Crippen molar-refractivity contribution in [2.24, 2.45) is 23.2 Å². The zero-order valence-corrected chi connectivity index (χ0v) is 22.6. The maximum atomic E-state index is 13.4. The molecule has 7 nitrogen and oxygen atoms in total. The summed E-state index contributed by atoms with van der Waals surface area (Å²) in [5.41, 5.74) is -0.198. The number of nitrogens with zero attached hydrogens (tertiary/aromatic N) is 1. The fraction of sp³-hybridized carbons (Fsp3) is 0.679. The van der Waals surface area contributed by atoms with Crippen molar-refractivity contribution in [3.8, 4) is 0 Å². The van der Waals surface area contributed by atoms with Gasteiger partial charge in [0.2, 0.25) is 17.7 Å². The number of hydrogen-bond acceptors (Lipinski definition) is 4. The highest BCUT2D eigenvalue weighted by Crippen LogP contribution is 2.34. The Labute approximate surface area is 211 Å². The van der Waals surface area contributed by atoms with Crippen molar-refractivity contribution in [1.82, 2.24) is 15.7 Å². The molecule has 1 aliphatic carbocycles. The van der Waals surface area contributed by atoms with E-state index in [0.717, 1.165) is 36.3 Å². The predicted molar refractivity (Wildman–Crippen MR) is 137 cm³/mol. The SMILES string of the molecule is CC(C)CN(O)C(=O)[C@@H](CC(=O)NC(C(=O)NC(C)(C)c1ccccc1)C(C)(C)C)C1CCCC1. The molecular weight excluding hydrogens is 442 g/mol. The van der Waals surface area contributed by atoms with E-state index in [4.69, 9.17) is 0 Å². The lowest BCUT2D eigenvalue weighted by atomic mass is 9.83. The van der Waals surface area contributed by atoms with Crippen molar-refractivity contribution in [2.75, 3.05) is 6.54 Å². The quantitative estimate of drug-likeness (QED) is 0.331. The number of hydrogen-bond donors (Lipinski definition) is 3. The van der Waals surface area contributed by atoms with Crippen LogP contribution in [0.25, 0.3) is 0 Å². The average Bonchev–Trinajstić information content (AvgIpc) is 3.29. The molecule has 0 aromatic heterocycles. The summed E-state index contributed by atoms with van der Waals surface area (Å²) in [6, 6.07) is 8.92. The van der Waals surface area contributed by atoms with Gasteiger partial charge in [0.05, 0.1) is 18.0 Å². The van der Waals surface area contributed by atoms with Gasteiger partial charge in [0.25, 0.3) is 0 Å². The second-order valence-corrected chi connectivity index (χ2v) is 12.0. The van der Waals surface area contributed by atoms with Crippen LogP contribution in [-0.4, -0.2) is 40.6 Å². The van der Waals surface area contributed by atoms with E-state index in [2.05, 4.69) is 10.6 Å². The standard InChI is InChI=1S/C28H45N3O4/c1-19(2)18-31(35)26(34)22(20-13-11-12-14-20)17-23(32)29-24(27(3,4)5)25(33)30-28(6,7)21-15-9-8-10-16-21/h8-10,15-16,19-20,22,24,35H,11-14,17-18H2,1-7H3,(H,29,32)(H,30,33)/t22-,24?/m0/s1. The summed E-state index contributed by atoms with van der Waals surface area (Å²) in [7, 11) is 0. The number of nitrogens with one attached hydrogen (secondary N) is 2. The van der Waals surface area contributed by atoms with Crippen LogP contribution in [0, 0.1) is 23.2 Å². The van der Waals surface area contributed by atoms with Gasteiger partial charge in [0.15, 0.2) is 0 Å². The fourth-order valence-corrected chi connectivity index (χ4v) is 4.84. The van der Waals surface area contributed by atoms with Crippen LogP contribution in [-0.2, 0) is 19.9 Å². The van der Waals surface area contributed by atoms with E-state index in [-0.39, 0.29) is 36.6 Å². The molecule has 0 saturated heterocycles. The fourth-order valence-electron chi connectivity index (χ4n) is 4.84. The monoisotopic (exact) mass is 487 g/mol. The summed E-state index contributed by atoms with van der Waals surface area (Å²) in [5, 5.41) is 17.1. The largest absolute Gasteiger partial charge is 0.345 e. The molecule has 1 unspecified atom stereocenters. The summed E-state index contributed by atoms with van der Waals surface area (Å²) in [6.07, 6.45) is 3.74. The van der Waals surface area contributed by atoms with Crippen LogP contribution in [0.3, 0.4) is 0 Å². The topological polar surface area (TPSA) is 98.7 Å². The van der Waals surface area contributed by atoms with Gasteiger partial charge in [0, 0.05) is 6.42 Å². The first-order valence-corrected chi connectivity index (χ1v) is 12.9. The van der Waals surface area contributed by atoms with Gasteiger partial charge in [-0.15, -0.1) is 0 Å². The first-order valence-electron chi connectivity index (χ1n) is 12.9. The van der Waals surface area contributed by atoms with Gasteiger partial charge in [-0.1, -0.05) is 77.8 Å². The number of rotatable bonds is 10. The Balaban J connectivity index is 2.16. The zero-order valence-electron chi connectivity index (χ0n) is 22.6. The minimum Gasteiger partial charge on any atom is -0.345 e. The molecule has 2 rings (SSSR count). The van der Waals surface area contributed by atoms with E-state index < -0.39 is 28.8 Å². The first kappa shape index (κ1) is 28.8.